The summed E-state index contributed by atoms with van der Waals surface area (Å²) < 4.78 is 40.4. The maximum atomic E-state index is 12.4. The van der Waals surface area contributed by atoms with E-state index < -0.39 is 9.84 Å². The van der Waals surface area contributed by atoms with Crippen LogP contribution in [-0.2, 0) is 26.8 Å². The molecule has 1 aliphatic rings. The third-order valence-electron chi connectivity index (χ3n) is 3.33. The van der Waals surface area contributed by atoms with E-state index >= 15 is 0 Å². The topological polar surface area (TPSA) is 91.5 Å². The summed E-state index contributed by atoms with van der Waals surface area (Å²) in [7, 11) is -3.49. The number of sulfone groups is 1. The second-order valence-electron chi connectivity index (χ2n) is 6.61. The van der Waals surface area contributed by atoms with E-state index in [1.165, 1.54) is 0 Å². The highest BCUT2D eigenvalue weighted by atomic mass is 35.5. The Hall–Kier alpha value is -1.80. The lowest BCUT2D eigenvalue weighted by molar-refractivity contribution is 0.174. The van der Waals surface area contributed by atoms with Gasteiger partial charge in [0.05, 0.1) is 10.8 Å². The molecule has 0 aliphatic carbocycles. The lowest BCUT2D eigenvalue weighted by atomic mass is 9.97. The molecule has 1 aromatic heterocycles. The summed E-state index contributed by atoms with van der Waals surface area (Å²) >= 11 is 6.08. The predicted octanol–water partition coefficient (Wildman–Crippen LogP) is 2.86. The van der Waals surface area contributed by atoms with Crippen LogP contribution in [0.3, 0.4) is 0 Å². The lowest BCUT2D eigenvalue weighted by Crippen LogP contribution is -2.12. The second kappa shape index (κ2) is 5.93. The van der Waals surface area contributed by atoms with Crippen LogP contribution in [0.2, 0.25) is 5.02 Å². The van der Waals surface area contributed by atoms with Gasteiger partial charge in [-0.3, -0.25) is 0 Å². The Morgan fingerprint density at radius 2 is 1.96 bits per heavy atom. The van der Waals surface area contributed by atoms with Crippen molar-refractivity contribution in [2.24, 2.45) is 0 Å². The smallest absolute Gasteiger partial charge is 0.232 e. The Morgan fingerprint density at radius 1 is 1.21 bits per heavy atom. The van der Waals surface area contributed by atoms with Crippen molar-refractivity contribution in [2.75, 3.05) is 6.79 Å². The molecule has 0 bridgehead atoms. The van der Waals surface area contributed by atoms with Crippen molar-refractivity contribution in [3.63, 3.8) is 0 Å². The van der Waals surface area contributed by atoms with E-state index in [0.717, 1.165) is 0 Å². The van der Waals surface area contributed by atoms with Gasteiger partial charge in [0, 0.05) is 5.41 Å². The largest absolute Gasteiger partial charge is 0.454 e. The molecule has 7 nitrogen and oxygen atoms in total. The molecule has 1 aliphatic heterocycles. The number of hydrogen-bond donors (Lipinski definition) is 0. The first-order valence-electron chi connectivity index (χ1n) is 7.25. The number of fused-ring (bicyclic) bond motifs is 1. The minimum atomic E-state index is -3.49. The fourth-order valence-electron chi connectivity index (χ4n) is 2.22. The summed E-state index contributed by atoms with van der Waals surface area (Å²) in [4.78, 5) is 4.16. The standard InChI is InChI=1S/C15H17ClN2O5S/c1-15(2,3)14-17-12(18-23-14)7-24(19,20)6-9-4-10(16)13-11(5-9)21-8-22-13/h4-5H,6-8H2,1-3H3. The zero-order chi connectivity index (χ0) is 17.5. The second-order valence-corrected chi connectivity index (χ2v) is 9.08. The van der Waals surface area contributed by atoms with Gasteiger partial charge in [0.2, 0.25) is 12.7 Å². The number of halogens is 1. The molecule has 2 aromatic rings. The molecule has 0 saturated heterocycles. The highest BCUT2D eigenvalue weighted by Gasteiger charge is 2.25. The van der Waals surface area contributed by atoms with Crippen molar-refractivity contribution >= 4 is 21.4 Å². The Labute approximate surface area is 144 Å². The van der Waals surface area contributed by atoms with E-state index in [1.54, 1.807) is 12.1 Å². The molecular weight excluding hydrogens is 356 g/mol. The quantitative estimate of drug-likeness (QED) is 0.814. The van der Waals surface area contributed by atoms with Gasteiger partial charge in [0.15, 0.2) is 27.2 Å². The zero-order valence-corrected chi connectivity index (χ0v) is 15.1. The number of nitrogens with zero attached hydrogens (tertiary/aromatic N) is 2. The van der Waals surface area contributed by atoms with Crippen LogP contribution in [-0.4, -0.2) is 25.4 Å². The van der Waals surface area contributed by atoms with Crippen LogP contribution < -0.4 is 9.47 Å². The average Bonchev–Trinajstić information content (AvgIpc) is 3.05. The monoisotopic (exact) mass is 372 g/mol. The summed E-state index contributed by atoms with van der Waals surface area (Å²) in [6.07, 6.45) is 0. The summed E-state index contributed by atoms with van der Waals surface area (Å²) in [5.74, 6) is 0.917. The van der Waals surface area contributed by atoms with Gasteiger partial charge in [0.25, 0.3) is 0 Å². The molecule has 24 heavy (non-hydrogen) atoms. The van der Waals surface area contributed by atoms with Crippen LogP contribution >= 0.6 is 11.6 Å². The predicted molar refractivity (Wildman–Crippen MR) is 86.9 cm³/mol. The van der Waals surface area contributed by atoms with E-state index in [4.69, 9.17) is 25.6 Å². The molecule has 130 valence electrons. The van der Waals surface area contributed by atoms with Crippen LogP contribution in [0.5, 0.6) is 11.5 Å². The van der Waals surface area contributed by atoms with E-state index in [9.17, 15) is 8.42 Å². The molecule has 0 N–H and O–H groups in total. The van der Waals surface area contributed by atoms with Crippen LogP contribution in [0, 0.1) is 0 Å². The molecule has 1 aromatic carbocycles. The molecule has 0 unspecified atom stereocenters. The molecule has 0 saturated carbocycles. The summed E-state index contributed by atoms with van der Waals surface area (Å²) in [6.45, 7) is 5.80. The van der Waals surface area contributed by atoms with Crippen molar-refractivity contribution in [3.05, 3.63) is 34.4 Å². The Bertz CT molecular complexity index is 870. The number of ether oxygens (including phenoxy) is 2. The Morgan fingerprint density at radius 3 is 2.62 bits per heavy atom. The van der Waals surface area contributed by atoms with Gasteiger partial charge in [-0.25, -0.2) is 8.42 Å². The van der Waals surface area contributed by atoms with E-state index in [0.29, 0.717) is 28.0 Å². The molecule has 0 amide bonds. The van der Waals surface area contributed by atoms with Crippen LogP contribution in [0.1, 0.15) is 38.0 Å². The Balaban J connectivity index is 1.77. The first-order chi connectivity index (χ1) is 11.1. The van der Waals surface area contributed by atoms with Gasteiger partial charge in [0.1, 0.15) is 5.75 Å². The third kappa shape index (κ3) is 3.64. The molecule has 0 atom stereocenters. The van der Waals surface area contributed by atoms with E-state index in [1.807, 2.05) is 20.8 Å². The Kier molecular flexibility index (Phi) is 4.21. The highest BCUT2D eigenvalue weighted by molar-refractivity contribution is 7.89. The van der Waals surface area contributed by atoms with Crippen molar-refractivity contribution in [1.29, 1.82) is 0 Å². The number of aromatic nitrogens is 2. The first kappa shape index (κ1) is 17.0. The minimum absolute atomic E-state index is 0.0731. The van der Waals surface area contributed by atoms with Gasteiger partial charge in [-0.05, 0) is 17.7 Å². The first-order valence-corrected chi connectivity index (χ1v) is 9.45. The van der Waals surface area contributed by atoms with Gasteiger partial charge in [-0.15, -0.1) is 0 Å². The van der Waals surface area contributed by atoms with Gasteiger partial charge in [-0.2, -0.15) is 4.98 Å². The fraction of sp³-hybridized carbons (Fsp3) is 0.467. The van der Waals surface area contributed by atoms with Crippen LogP contribution in [0.4, 0.5) is 0 Å². The number of rotatable bonds is 4. The summed E-state index contributed by atoms with van der Waals surface area (Å²) in [5, 5.41) is 4.07. The van der Waals surface area contributed by atoms with Crippen molar-refractivity contribution in [2.45, 2.75) is 37.7 Å². The number of benzene rings is 1. The zero-order valence-electron chi connectivity index (χ0n) is 13.5. The lowest BCUT2D eigenvalue weighted by Gasteiger charge is -2.10. The van der Waals surface area contributed by atoms with Gasteiger partial charge in [-0.1, -0.05) is 37.5 Å². The molecule has 2 heterocycles. The molecule has 3 rings (SSSR count). The minimum Gasteiger partial charge on any atom is -0.454 e. The van der Waals surface area contributed by atoms with Crippen molar-refractivity contribution < 1.29 is 22.4 Å². The summed E-state index contributed by atoms with van der Waals surface area (Å²) in [5.41, 5.74) is 0.184. The maximum absolute atomic E-state index is 12.4. The van der Waals surface area contributed by atoms with E-state index in [2.05, 4.69) is 10.1 Å². The number of hydrogen-bond acceptors (Lipinski definition) is 7. The summed E-state index contributed by atoms with van der Waals surface area (Å²) in [6, 6.07) is 3.17. The van der Waals surface area contributed by atoms with Crippen molar-refractivity contribution in [3.8, 4) is 11.5 Å². The average molecular weight is 373 g/mol. The molecule has 9 heteroatoms. The highest BCUT2D eigenvalue weighted by Crippen LogP contribution is 2.40. The molecule has 0 spiro atoms. The third-order valence-corrected chi connectivity index (χ3v) is 5.08. The fourth-order valence-corrected chi connectivity index (χ4v) is 3.80. The molecular formula is C15H17ClN2O5S. The van der Waals surface area contributed by atoms with Crippen molar-refractivity contribution in [1.82, 2.24) is 10.1 Å². The van der Waals surface area contributed by atoms with Crippen LogP contribution in [0.25, 0.3) is 0 Å². The van der Waals surface area contributed by atoms with Gasteiger partial charge < -0.3 is 14.0 Å². The maximum Gasteiger partial charge on any atom is 0.232 e. The van der Waals surface area contributed by atoms with Crippen LogP contribution in [0.15, 0.2) is 16.7 Å². The molecule has 0 fully saturated rings. The normalized spacial score (nSPS) is 14.2. The van der Waals surface area contributed by atoms with Gasteiger partial charge >= 0.3 is 0 Å². The van der Waals surface area contributed by atoms with E-state index in [-0.39, 0.29) is 29.5 Å². The molecule has 0 radical (unpaired) electrons. The SMILES string of the molecule is CC(C)(C)c1nc(CS(=O)(=O)Cc2cc(Cl)c3c(c2)OCO3)no1.